The number of nitrogens with zero attached hydrogens (tertiary/aromatic N) is 3. The van der Waals surface area contributed by atoms with Crippen molar-refractivity contribution in [3.63, 3.8) is 0 Å². The highest BCUT2D eigenvalue weighted by atomic mass is 35.5. The zero-order valence-electron chi connectivity index (χ0n) is 16.3. The third-order valence-corrected chi connectivity index (χ3v) is 6.78. The lowest BCUT2D eigenvalue weighted by Crippen LogP contribution is -2.25. The second-order valence-electron chi connectivity index (χ2n) is 7.34. The van der Waals surface area contributed by atoms with Crippen molar-refractivity contribution in [1.29, 1.82) is 0 Å². The van der Waals surface area contributed by atoms with E-state index in [9.17, 15) is 8.42 Å². The molecule has 0 bridgehead atoms. The Morgan fingerprint density at radius 2 is 1.84 bits per heavy atom. The highest BCUT2D eigenvalue weighted by Crippen LogP contribution is 2.27. The molecule has 0 spiro atoms. The van der Waals surface area contributed by atoms with Gasteiger partial charge in [-0.2, -0.15) is 0 Å². The molecule has 9 heteroatoms. The molecule has 31 heavy (non-hydrogen) atoms. The molecule has 2 N–H and O–H groups in total. The predicted molar refractivity (Wildman–Crippen MR) is 121 cm³/mol. The van der Waals surface area contributed by atoms with E-state index in [1.807, 2.05) is 24.3 Å². The maximum atomic E-state index is 12.5. The van der Waals surface area contributed by atoms with Crippen molar-refractivity contribution in [2.45, 2.75) is 23.8 Å². The van der Waals surface area contributed by atoms with Gasteiger partial charge in [0.1, 0.15) is 0 Å². The summed E-state index contributed by atoms with van der Waals surface area (Å²) < 4.78 is 27.8. The summed E-state index contributed by atoms with van der Waals surface area (Å²) >= 11 is 6.18. The van der Waals surface area contributed by atoms with Gasteiger partial charge < -0.3 is 5.32 Å². The fourth-order valence-electron chi connectivity index (χ4n) is 3.19. The minimum atomic E-state index is -3.53. The normalized spacial score (nSPS) is 14.0. The van der Waals surface area contributed by atoms with Gasteiger partial charge in [-0.1, -0.05) is 29.8 Å². The molecule has 4 aromatic rings. The van der Waals surface area contributed by atoms with Crippen LogP contribution in [0.15, 0.2) is 71.9 Å². The second kappa shape index (κ2) is 7.88. The molecule has 156 valence electrons. The maximum Gasteiger partial charge on any atom is 0.240 e. The topological polar surface area (TPSA) is 96.9 Å². The summed E-state index contributed by atoms with van der Waals surface area (Å²) in [5.41, 5.74) is 2.81. The Morgan fingerprint density at radius 1 is 1.00 bits per heavy atom. The van der Waals surface area contributed by atoms with Crippen LogP contribution in [0, 0.1) is 0 Å². The number of sulfonamides is 1. The number of hydrogen-bond acceptors (Lipinski definition) is 6. The molecular formula is C22H18ClN5O2S. The SMILES string of the molecule is O=S(=O)(NC1CC1)c1cccc(-c2cc(Nc3ncc4c(Cl)cccc4n3)ccn2)c1. The largest absolute Gasteiger partial charge is 0.324 e. The van der Waals surface area contributed by atoms with Crippen molar-refractivity contribution < 1.29 is 8.42 Å². The van der Waals surface area contributed by atoms with Crippen LogP contribution in [-0.4, -0.2) is 29.4 Å². The van der Waals surface area contributed by atoms with Crippen LogP contribution in [0.2, 0.25) is 5.02 Å². The Labute approximate surface area is 184 Å². The zero-order valence-corrected chi connectivity index (χ0v) is 17.9. The Bertz CT molecular complexity index is 1390. The van der Waals surface area contributed by atoms with E-state index in [4.69, 9.17) is 11.6 Å². The first-order valence-electron chi connectivity index (χ1n) is 9.75. The van der Waals surface area contributed by atoms with Crippen LogP contribution < -0.4 is 10.0 Å². The first-order valence-corrected chi connectivity index (χ1v) is 11.6. The molecule has 5 rings (SSSR count). The summed E-state index contributed by atoms with van der Waals surface area (Å²) in [4.78, 5) is 13.5. The lowest BCUT2D eigenvalue weighted by molar-refractivity contribution is 0.581. The number of benzene rings is 2. The fraction of sp³-hybridized carbons (Fsp3) is 0.136. The summed E-state index contributed by atoms with van der Waals surface area (Å²) in [6.07, 6.45) is 5.10. The summed E-state index contributed by atoms with van der Waals surface area (Å²) in [5.74, 6) is 0.428. The lowest BCUT2D eigenvalue weighted by Gasteiger charge is -2.10. The summed E-state index contributed by atoms with van der Waals surface area (Å²) in [6.45, 7) is 0. The quantitative estimate of drug-likeness (QED) is 0.447. The molecule has 0 saturated heterocycles. The van der Waals surface area contributed by atoms with Gasteiger partial charge in [-0.05, 0) is 49.2 Å². The van der Waals surface area contributed by atoms with Crippen molar-refractivity contribution in [2.24, 2.45) is 0 Å². The first kappa shape index (κ1) is 19.9. The van der Waals surface area contributed by atoms with E-state index in [1.165, 1.54) is 0 Å². The van der Waals surface area contributed by atoms with Crippen molar-refractivity contribution in [3.8, 4) is 11.3 Å². The van der Waals surface area contributed by atoms with Crippen molar-refractivity contribution in [3.05, 3.63) is 72.0 Å². The van der Waals surface area contributed by atoms with Gasteiger partial charge in [0.25, 0.3) is 0 Å². The Morgan fingerprint density at radius 3 is 2.68 bits per heavy atom. The van der Waals surface area contributed by atoms with E-state index in [1.54, 1.807) is 42.7 Å². The summed E-state index contributed by atoms with van der Waals surface area (Å²) in [5, 5.41) is 4.55. The minimum absolute atomic E-state index is 0.0520. The number of anilines is 2. The number of nitrogens with one attached hydrogen (secondary N) is 2. The molecule has 2 heterocycles. The van der Waals surface area contributed by atoms with Crippen molar-refractivity contribution in [1.82, 2.24) is 19.7 Å². The summed E-state index contributed by atoms with van der Waals surface area (Å²) in [7, 11) is -3.53. The van der Waals surface area contributed by atoms with Crippen LogP contribution in [0.25, 0.3) is 22.2 Å². The number of rotatable bonds is 6. The maximum absolute atomic E-state index is 12.5. The smallest absolute Gasteiger partial charge is 0.240 e. The van der Waals surface area contributed by atoms with Crippen LogP contribution in [0.1, 0.15) is 12.8 Å². The monoisotopic (exact) mass is 451 g/mol. The van der Waals surface area contributed by atoms with Crippen LogP contribution in [0.3, 0.4) is 0 Å². The molecule has 2 aromatic heterocycles. The Kier molecular flexibility index (Phi) is 5.05. The van der Waals surface area contributed by atoms with E-state index < -0.39 is 10.0 Å². The average Bonchev–Trinajstić information content (AvgIpc) is 3.57. The van der Waals surface area contributed by atoms with Crippen LogP contribution >= 0.6 is 11.6 Å². The van der Waals surface area contributed by atoms with Crippen LogP contribution in [0.5, 0.6) is 0 Å². The third kappa shape index (κ3) is 4.36. The lowest BCUT2D eigenvalue weighted by atomic mass is 10.1. The Balaban J connectivity index is 1.42. The summed E-state index contributed by atoms with van der Waals surface area (Å²) in [6, 6.07) is 15.9. The number of pyridine rings is 1. The highest BCUT2D eigenvalue weighted by Gasteiger charge is 2.28. The molecule has 0 amide bonds. The average molecular weight is 452 g/mol. The molecule has 0 radical (unpaired) electrons. The number of fused-ring (bicyclic) bond motifs is 1. The number of hydrogen-bond donors (Lipinski definition) is 2. The van der Waals surface area contributed by atoms with Gasteiger partial charge in [0.05, 0.1) is 21.1 Å². The molecule has 2 aromatic carbocycles. The first-order chi connectivity index (χ1) is 15.0. The van der Waals surface area contributed by atoms with Gasteiger partial charge in [-0.15, -0.1) is 0 Å². The van der Waals surface area contributed by atoms with Gasteiger partial charge in [-0.3, -0.25) is 4.98 Å². The van der Waals surface area contributed by atoms with Gasteiger partial charge in [-0.25, -0.2) is 23.1 Å². The van der Waals surface area contributed by atoms with E-state index in [0.29, 0.717) is 22.2 Å². The molecule has 0 aliphatic heterocycles. The Hall–Kier alpha value is -3.07. The molecule has 0 unspecified atom stereocenters. The molecule has 1 aliphatic rings. The molecule has 1 fully saturated rings. The van der Waals surface area contributed by atoms with Crippen LogP contribution in [0.4, 0.5) is 11.6 Å². The standard InChI is InChI=1S/C22H18ClN5O2S/c23-19-5-2-6-20-18(19)13-25-22(27-20)26-16-9-10-24-21(12-16)14-3-1-4-17(11-14)31(29,30)28-15-7-8-15/h1-6,9-13,15,28H,7-8H2,(H,24,25,26,27). The van der Waals surface area contributed by atoms with Crippen LogP contribution in [-0.2, 0) is 10.0 Å². The third-order valence-electron chi connectivity index (χ3n) is 4.93. The molecular weight excluding hydrogens is 434 g/mol. The highest BCUT2D eigenvalue weighted by molar-refractivity contribution is 7.89. The van der Waals surface area contributed by atoms with E-state index in [-0.39, 0.29) is 10.9 Å². The number of aromatic nitrogens is 3. The van der Waals surface area contributed by atoms with E-state index in [2.05, 4.69) is 25.0 Å². The molecule has 7 nitrogen and oxygen atoms in total. The van der Waals surface area contributed by atoms with Crippen molar-refractivity contribution >= 4 is 44.2 Å². The van der Waals surface area contributed by atoms with Gasteiger partial charge in [0.2, 0.25) is 16.0 Å². The van der Waals surface area contributed by atoms with Gasteiger partial charge >= 0.3 is 0 Å². The minimum Gasteiger partial charge on any atom is -0.324 e. The number of halogens is 1. The fourth-order valence-corrected chi connectivity index (χ4v) is 4.76. The molecule has 0 atom stereocenters. The molecule has 1 saturated carbocycles. The predicted octanol–water partition coefficient (Wildman–Crippen LogP) is 4.53. The zero-order chi connectivity index (χ0) is 21.4. The van der Waals surface area contributed by atoms with Gasteiger partial charge in [0.15, 0.2) is 0 Å². The van der Waals surface area contributed by atoms with Gasteiger partial charge in [0, 0.05) is 35.1 Å². The van der Waals surface area contributed by atoms with E-state index in [0.717, 1.165) is 29.4 Å². The second-order valence-corrected chi connectivity index (χ2v) is 9.47. The molecule has 1 aliphatic carbocycles. The van der Waals surface area contributed by atoms with Crippen molar-refractivity contribution in [2.75, 3.05) is 5.32 Å². The van der Waals surface area contributed by atoms with E-state index >= 15 is 0 Å².